The molecule has 0 spiro atoms. The molecule has 0 saturated carbocycles. The van der Waals surface area contributed by atoms with E-state index in [1.165, 1.54) is 43.9 Å². The van der Waals surface area contributed by atoms with Crippen LogP contribution in [0, 0.1) is 5.92 Å². The van der Waals surface area contributed by atoms with E-state index in [4.69, 9.17) is 11.6 Å². The molecule has 20 heavy (non-hydrogen) atoms. The van der Waals surface area contributed by atoms with Crippen molar-refractivity contribution < 1.29 is 0 Å². The van der Waals surface area contributed by atoms with Crippen LogP contribution in [0.2, 0.25) is 4.34 Å². The maximum absolute atomic E-state index is 6.03. The number of fused-ring (bicyclic) bond motifs is 1. The number of rotatable bonds is 4. The highest BCUT2D eigenvalue weighted by Gasteiger charge is 2.36. The predicted octanol–water partition coefficient (Wildman–Crippen LogP) is 3.75. The Morgan fingerprint density at radius 3 is 2.90 bits per heavy atom. The topological polar surface area (TPSA) is 6.48 Å². The number of nitrogens with zero attached hydrogens (tertiary/aromatic N) is 2. The molecule has 2 unspecified atom stereocenters. The minimum Gasteiger partial charge on any atom is -0.298 e. The second kappa shape index (κ2) is 6.35. The molecule has 2 saturated heterocycles. The predicted molar refractivity (Wildman–Crippen MR) is 87.8 cm³/mol. The third-order valence-electron chi connectivity index (χ3n) is 4.88. The molecule has 2 fully saturated rings. The van der Waals surface area contributed by atoms with Gasteiger partial charge in [-0.15, -0.1) is 11.3 Å². The standard InChI is InChI=1S/C16H25ClN2S/c1-12(2)15-11-18-8-3-4-13(18)10-19(15)9-7-14-5-6-16(17)20-14/h5-6,12-13,15H,3-4,7-11H2,1-2H3. The fraction of sp³-hybridized carbons (Fsp3) is 0.750. The van der Waals surface area contributed by atoms with E-state index < -0.39 is 0 Å². The van der Waals surface area contributed by atoms with Crippen molar-refractivity contribution in [3.63, 3.8) is 0 Å². The monoisotopic (exact) mass is 312 g/mol. The van der Waals surface area contributed by atoms with E-state index in [-0.39, 0.29) is 0 Å². The highest BCUT2D eigenvalue weighted by atomic mass is 35.5. The van der Waals surface area contributed by atoms with Crippen molar-refractivity contribution in [1.29, 1.82) is 0 Å². The maximum Gasteiger partial charge on any atom is 0.0931 e. The van der Waals surface area contributed by atoms with E-state index in [9.17, 15) is 0 Å². The van der Waals surface area contributed by atoms with Gasteiger partial charge in [-0.3, -0.25) is 9.80 Å². The van der Waals surface area contributed by atoms with Gasteiger partial charge >= 0.3 is 0 Å². The van der Waals surface area contributed by atoms with Gasteiger partial charge in [0, 0.05) is 36.6 Å². The van der Waals surface area contributed by atoms with Crippen LogP contribution >= 0.6 is 22.9 Å². The van der Waals surface area contributed by atoms with E-state index >= 15 is 0 Å². The molecule has 0 aromatic carbocycles. The van der Waals surface area contributed by atoms with Crippen LogP contribution < -0.4 is 0 Å². The van der Waals surface area contributed by atoms with Crippen LogP contribution in [0.5, 0.6) is 0 Å². The van der Waals surface area contributed by atoms with Crippen LogP contribution in [0.3, 0.4) is 0 Å². The lowest BCUT2D eigenvalue weighted by atomic mass is 9.97. The molecule has 1 aromatic heterocycles. The molecule has 3 rings (SSSR count). The molecule has 0 amide bonds. The molecule has 2 nitrogen and oxygen atoms in total. The third kappa shape index (κ3) is 3.22. The summed E-state index contributed by atoms with van der Waals surface area (Å²) in [6, 6.07) is 5.75. The molecule has 0 bridgehead atoms. The Hall–Kier alpha value is -0.0900. The van der Waals surface area contributed by atoms with E-state index in [0.29, 0.717) is 0 Å². The van der Waals surface area contributed by atoms with Gasteiger partial charge in [-0.25, -0.2) is 0 Å². The Balaban J connectivity index is 1.62. The van der Waals surface area contributed by atoms with Gasteiger partial charge < -0.3 is 0 Å². The number of thiophene rings is 1. The average molecular weight is 313 g/mol. The van der Waals surface area contributed by atoms with Crippen molar-refractivity contribution in [2.24, 2.45) is 5.92 Å². The zero-order valence-corrected chi connectivity index (χ0v) is 14.1. The molecule has 3 heterocycles. The number of piperazine rings is 1. The first kappa shape index (κ1) is 14.8. The van der Waals surface area contributed by atoms with Gasteiger partial charge in [0.15, 0.2) is 0 Å². The largest absolute Gasteiger partial charge is 0.298 e. The van der Waals surface area contributed by atoms with E-state index in [1.807, 2.05) is 6.07 Å². The highest BCUT2D eigenvalue weighted by molar-refractivity contribution is 7.16. The van der Waals surface area contributed by atoms with Crippen molar-refractivity contribution in [1.82, 2.24) is 9.80 Å². The minimum absolute atomic E-state index is 0.722. The van der Waals surface area contributed by atoms with Gasteiger partial charge in [-0.05, 0) is 43.9 Å². The van der Waals surface area contributed by atoms with Crippen molar-refractivity contribution in [3.05, 3.63) is 21.3 Å². The molecular formula is C16H25ClN2S. The summed E-state index contributed by atoms with van der Waals surface area (Å²) in [6.07, 6.45) is 3.93. The van der Waals surface area contributed by atoms with Gasteiger partial charge in [0.2, 0.25) is 0 Å². The highest BCUT2D eigenvalue weighted by Crippen LogP contribution is 2.28. The molecule has 0 aliphatic carbocycles. The minimum atomic E-state index is 0.722. The number of halogens is 1. The van der Waals surface area contributed by atoms with E-state index in [1.54, 1.807) is 11.3 Å². The van der Waals surface area contributed by atoms with Gasteiger partial charge in [-0.2, -0.15) is 0 Å². The van der Waals surface area contributed by atoms with Gasteiger partial charge in [-0.1, -0.05) is 25.4 Å². The van der Waals surface area contributed by atoms with E-state index in [0.717, 1.165) is 28.8 Å². The quantitative estimate of drug-likeness (QED) is 0.835. The van der Waals surface area contributed by atoms with Crippen LogP contribution in [0.4, 0.5) is 0 Å². The summed E-state index contributed by atoms with van der Waals surface area (Å²) in [5.74, 6) is 0.739. The first-order valence-corrected chi connectivity index (χ1v) is 9.05. The first-order chi connectivity index (χ1) is 9.63. The lowest BCUT2D eigenvalue weighted by Gasteiger charge is -2.45. The summed E-state index contributed by atoms with van der Waals surface area (Å²) in [5, 5.41) is 0. The van der Waals surface area contributed by atoms with Crippen LogP contribution in [-0.2, 0) is 6.42 Å². The van der Waals surface area contributed by atoms with Gasteiger partial charge in [0.05, 0.1) is 4.34 Å². The van der Waals surface area contributed by atoms with Gasteiger partial charge in [0.1, 0.15) is 0 Å². The summed E-state index contributed by atoms with van der Waals surface area (Å²) in [4.78, 5) is 6.89. The molecule has 2 aliphatic rings. The summed E-state index contributed by atoms with van der Waals surface area (Å²) in [6.45, 7) is 9.79. The summed E-state index contributed by atoms with van der Waals surface area (Å²) in [5.41, 5.74) is 0. The molecule has 112 valence electrons. The molecule has 4 heteroatoms. The Morgan fingerprint density at radius 1 is 1.35 bits per heavy atom. The molecular weight excluding hydrogens is 288 g/mol. The molecule has 1 aromatic rings. The molecule has 2 aliphatic heterocycles. The van der Waals surface area contributed by atoms with E-state index in [2.05, 4.69) is 29.7 Å². The zero-order chi connectivity index (χ0) is 14.1. The molecule has 2 atom stereocenters. The number of hydrogen-bond acceptors (Lipinski definition) is 3. The Bertz CT molecular complexity index is 445. The first-order valence-electron chi connectivity index (χ1n) is 7.86. The molecule has 0 radical (unpaired) electrons. The van der Waals surface area contributed by atoms with Crippen LogP contribution in [0.15, 0.2) is 12.1 Å². The Morgan fingerprint density at radius 2 is 2.20 bits per heavy atom. The normalized spacial score (nSPS) is 28.2. The average Bonchev–Trinajstić information content (AvgIpc) is 3.03. The van der Waals surface area contributed by atoms with Crippen LogP contribution in [-0.4, -0.2) is 48.1 Å². The fourth-order valence-corrected chi connectivity index (χ4v) is 4.81. The summed E-state index contributed by atoms with van der Waals surface area (Å²) < 4.78 is 0.918. The number of hydrogen-bond donors (Lipinski definition) is 0. The lowest BCUT2D eigenvalue weighted by molar-refractivity contribution is 0.0303. The van der Waals surface area contributed by atoms with Crippen LogP contribution in [0.1, 0.15) is 31.6 Å². The molecule has 0 N–H and O–H groups in total. The van der Waals surface area contributed by atoms with Crippen molar-refractivity contribution in [2.45, 2.75) is 45.2 Å². The lowest BCUT2D eigenvalue weighted by Crippen LogP contribution is -2.58. The van der Waals surface area contributed by atoms with Crippen molar-refractivity contribution >= 4 is 22.9 Å². The van der Waals surface area contributed by atoms with Gasteiger partial charge in [0.25, 0.3) is 0 Å². The fourth-order valence-electron chi connectivity index (χ4n) is 3.73. The Kier molecular flexibility index (Phi) is 4.71. The second-order valence-corrected chi connectivity index (χ2v) is 8.35. The zero-order valence-electron chi connectivity index (χ0n) is 12.5. The second-order valence-electron chi connectivity index (χ2n) is 6.55. The van der Waals surface area contributed by atoms with Crippen molar-refractivity contribution in [2.75, 3.05) is 26.2 Å². The smallest absolute Gasteiger partial charge is 0.0931 e. The third-order valence-corrected chi connectivity index (χ3v) is 6.17. The maximum atomic E-state index is 6.03. The summed E-state index contributed by atoms with van der Waals surface area (Å²) >= 11 is 7.77. The Labute approximate surface area is 131 Å². The summed E-state index contributed by atoms with van der Waals surface area (Å²) in [7, 11) is 0. The van der Waals surface area contributed by atoms with Crippen molar-refractivity contribution in [3.8, 4) is 0 Å². The van der Waals surface area contributed by atoms with Crippen LogP contribution in [0.25, 0.3) is 0 Å². The SMILES string of the molecule is CC(C)C1CN2CCCC2CN1CCc1ccc(Cl)s1.